The smallest absolute Gasteiger partial charge is 0.338 e. The lowest BCUT2D eigenvalue weighted by Gasteiger charge is -2.11. The number of esters is 1. The zero-order valence-corrected chi connectivity index (χ0v) is 15.7. The Hall–Kier alpha value is -2.61. The van der Waals surface area contributed by atoms with Gasteiger partial charge in [0.2, 0.25) is 0 Å². The summed E-state index contributed by atoms with van der Waals surface area (Å²) in [5.74, 6) is -0.456. The van der Waals surface area contributed by atoms with Crippen molar-refractivity contribution < 1.29 is 28.6 Å². The molecule has 1 aromatic carbocycles. The fourth-order valence-corrected chi connectivity index (χ4v) is 2.37. The molecule has 8 heteroatoms. The third-order valence-corrected chi connectivity index (χ3v) is 3.81. The van der Waals surface area contributed by atoms with E-state index < -0.39 is 24.5 Å². The van der Waals surface area contributed by atoms with Gasteiger partial charge in [-0.05, 0) is 43.0 Å². The van der Waals surface area contributed by atoms with Crippen molar-refractivity contribution in [3.8, 4) is 5.75 Å². The van der Waals surface area contributed by atoms with Gasteiger partial charge in [-0.1, -0.05) is 13.8 Å². The maximum absolute atomic E-state index is 12.0. The number of hydrogen-bond donors (Lipinski definition) is 2. The summed E-state index contributed by atoms with van der Waals surface area (Å²) in [7, 11) is 0. The van der Waals surface area contributed by atoms with Crippen molar-refractivity contribution in [2.45, 2.75) is 32.8 Å². The van der Waals surface area contributed by atoms with Crippen LogP contribution in [0.2, 0.25) is 0 Å². The summed E-state index contributed by atoms with van der Waals surface area (Å²) in [5.41, 5.74) is 0.288. The lowest BCUT2D eigenvalue weighted by molar-refractivity contribution is -0.123. The minimum atomic E-state index is -0.693. The SMILES string of the molecule is CC(C)CNC(=O)NC(=O)COC(=O)c1ccc(OCC2CCCO2)cc1. The first-order chi connectivity index (χ1) is 12.9. The summed E-state index contributed by atoms with van der Waals surface area (Å²) in [6, 6.07) is 5.81. The molecule has 3 amide bonds. The molecule has 148 valence electrons. The van der Waals surface area contributed by atoms with E-state index >= 15 is 0 Å². The highest BCUT2D eigenvalue weighted by molar-refractivity contribution is 5.97. The van der Waals surface area contributed by atoms with E-state index in [1.165, 1.54) is 0 Å². The van der Waals surface area contributed by atoms with E-state index in [1.807, 2.05) is 13.8 Å². The summed E-state index contributed by atoms with van der Waals surface area (Å²) in [5, 5.41) is 4.63. The van der Waals surface area contributed by atoms with Crippen LogP contribution in [-0.4, -0.2) is 50.4 Å². The number of hydrogen-bond acceptors (Lipinski definition) is 6. The van der Waals surface area contributed by atoms with Crippen molar-refractivity contribution in [3.05, 3.63) is 29.8 Å². The zero-order valence-electron chi connectivity index (χ0n) is 15.7. The van der Waals surface area contributed by atoms with Gasteiger partial charge >= 0.3 is 12.0 Å². The Bertz CT molecular complexity index is 638. The maximum atomic E-state index is 12.0. The minimum Gasteiger partial charge on any atom is -0.491 e. The summed E-state index contributed by atoms with van der Waals surface area (Å²) in [6.45, 7) is 5.02. The number of ether oxygens (including phenoxy) is 3. The zero-order chi connectivity index (χ0) is 19.6. The van der Waals surface area contributed by atoms with E-state index in [9.17, 15) is 14.4 Å². The molecule has 0 bridgehead atoms. The second-order valence-corrected chi connectivity index (χ2v) is 6.70. The largest absolute Gasteiger partial charge is 0.491 e. The molecule has 0 radical (unpaired) electrons. The Labute approximate surface area is 158 Å². The molecule has 1 heterocycles. The van der Waals surface area contributed by atoms with Gasteiger partial charge in [0.1, 0.15) is 12.4 Å². The van der Waals surface area contributed by atoms with Crippen LogP contribution in [0.15, 0.2) is 24.3 Å². The third-order valence-electron chi connectivity index (χ3n) is 3.81. The highest BCUT2D eigenvalue weighted by Crippen LogP contribution is 2.17. The maximum Gasteiger partial charge on any atom is 0.338 e. The van der Waals surface area contributed by atoms with Crippen LogP contribution in [0, 0.1) is 5.92 Å². The van der Waals surface area contributed by atoms with E-state index in [1.54, 1.807) is 24.3 Å². The Morgan fingerprint density at radius 3 is 2.59 bits per heavy atom. The molecule has 1 aliphatic rings. The molecular formula is C19H26N2O6. The van der Waals surface area contributed by atoms with Gasteiger partial charge in [0.15, 0.2) is 6.61 Å². The van der Waals surface area contributed by atoms with Crippen molar-refractivity contribution in [3.63, 3.8) is 0 Å². The summed E-state index contributed by atoms with van der Waals surface area (Å²) in [6.07, 6.45) is 2.15. The predicted molar refractivity (Wildman–Crippen MR) is 97.6 cm³/mol. The molecule has 1 unspecified atom stereocenters. The van der Waals surface area contributed by atoms with Crippen LogP contribution in [0.4, 0.5) is 4.79 Å². The molecule has 27 heavy (non-hydrogen) atoms. The van der Waals surface area contributed by atoms with Crippen LogP contribution in [0.3, 0.4) is 0 Å². The van der Waals surface area contributed by atoms with E-state index in [0.717, 1.165) is 19.4 Å². The summed E-state index contributed by atoms with van der Waals surface area (Å²) in [4.78, 5) is 35.0. The predicted octanol–water partition coefficient (Wildman–Crippen LogP) is 1.88. The first-order valence-corrected chi connectivity index (χ1v) is 9.03. The molecule has 2 rings (SSSR count). The molecule has 0 aliphatic carbocycles. The first kappa shape index (κ1) is 20.7. The average molecular weight is 378 g/mol. The van der Waals surface area contributed by atoms with Gasteiger partial charge in [-0.3, -0.25) is 10.1 Å². The Balaban J connectivity index is 1.70. The number of imide groups is 1. The van der Waals surface area contributed by atoms with Crippen LogP contribution in [0.25, 0.3) is 0 Å². The summed E-state index contributed by atoms with van der Waals surface area (Å²) >= 11 is 0. The van der Waals surface area contributed by atoms with E-state index in [0.29, 0.717) is 18.9 Å². The molecule has 1 atom stereocenters. The second-order valence-electron chi connectivity index (χ2n) is 6.70. The quantitative estimate of drug-likeness (QED) is 0.670. The fourth-order valence-electron chi connectivity index (χ4n) is 2.37. The third kappa shape index (κ3) is 7.65. The van der Waals surface area contributed by atoms with E-state index in [4.69, 9.17) is 14.2 Å². The van der Waals surface area contributed by atoms with Crippen LogP contribution < -0.4 is 15.4 Å². The van der Waals surface area contributed by atoms with Gasteiger partial charge in [0, 0.05) is 13.2 Å². The number of carbonyl (C=O) groups is 3. The van der Waals surface area contributed by atoms with E-state index in [2.05, 4.69) is 10.6 Å². The van der Waals surface area contributed by atoms with Gasteiger partial charge in [0.25, 0.3) is 5.91 Å². The molecule has 1 aromatic rings. The Kier molecular flexibility index (Phi) is 8.06. The molecule has 8 nitrogen and oxygen atoms in total. The number of carbonyl (C=O) groups excluding carboxylic acids is 3. The highest BCUT2D eigenvalue weighted by Gasteiger charge is 2.16. The molecule has 0 saturated carbocycles. The van der Waals surface area contributed by atoms with Crippen molar-refractivity contribution >= 4 is 17.9 Å². The average Bonchev–Trinajstić information content (AvgIpc) is 3.17. The van der Waals surface area contributed by atoms with Crippen LogP contribution >= 0.6 is 0 Å². The molecular weight excluding hydrogens is 352 g/mol. The number of urea groups is 1. The van der Waals surface area contributed by atoms with Crippen molar-refractivity contribution in [1.29, 1.82) is 0 Å². The van der Waals surface area contributed by atoms with Crippen molar-refractivity contribution in [2.24, 2.45) is 5.92 Å². The monoisotopic (exact) mass is 378 g/mol. The Morgan fingerprint density at radius 2 is 1.96 bits per heavy atom. The topological polar surface area (TPSA) is 103 Å². The lowest BCUT2D eigenvalue weighted by atomic mass is 10.2. The molecule has 1 aliphatic heterocycles. The number of amides is 3. The van der Waals surface area contributed by atoms with Crippen molar-refractivity contribution in [2.75, 3.05) is 26.4 Å². The molecule has 0 spiro atoms. The highest BCUT2D eigenvalue weighted by atomic mass is 16.5. The molecule has 1 fully saturated rings. The van der Waals surface area contributed by atoms with Gasteiger partial charge in [-0.2, -0.15) is 0 Å². The summed E-state index contributed by atoms with van der Waals surface area (Å²) < 4.78 is 16.0. The normalized spacial score (nSPS) is 16.0. The molecule has 2 N–H and O–H groups in total. The standard InChI is InChI=1S/C19H26N2O6/c1-13(2)10-20-19(24)21-17(22)12-27-18(23)14-5-7-15(8-6-14)26-11-16-4-3-9-25-16/h5-8,13,16H,3-4,9-12H2,1-2H3,(H2,20,21,22,24). The second kappa shape index (κ2) is 10.5. The first-order valence-electron chi connectivity index (χ1n) is 9.03. The van der Waals surface area contributed by atoms with Gasteiger partial charge in [0.05, 0.1) is 11.7 Å². The van der Waals surface area contributed by atoms with Crippen LogP contribution in [0.5, 0.6) is 5.75 Å². The fraction of sp³-hybridized carbons (Fsp3) is 0.526. The van der Waals surface area contributed by atoms with Gasteiger partial charge in [-0.15, -0.1) is 0 Å². The molecule has 0 aromatic heterocycles. The number of benzene rings is 1. The molecule has 1 saturated heterocycles. The van der Waals surface area contributed by atoms with Gasteiger partial charge < -0.3 is 19.5 Å². The Morgan fingerprint density at radius 1 is 1.22 bits per heavy atom. The van der Waals surface area contributed by atoms with Gasteiger partial charge in [-0.25, -0.2) is 9.59 Å². The van der Waals surface area contributed by atoms with Crippen molar-refractivity contribution in [1.82, 2.24) is 10.6 Å². The van der Waals surface area contributed by atoms with E-state index in [-0.39, 0.29) is 17.6 Å². The van der Waals surface area contributed by atoms with Crippen LogP contribution in [0.1, 0.15) is 37.0 Å². The number of rotatable bonds is 8. The number of nitrogens with one attached hydrogen (secondary N) is 2. The van der Waals surface area contributed by atoms with Crippen LogP contribution in [-0.2, 0) is 14.3 Å². The lowest BCUT2D eigenvalue weighted by Crippen LogP contribution is -2.42. The minimum absolute atomic E-state index is 0.117.